The van der Waals surface area contributed by atoms with Crippen molar-refractivity contribution < 1.29 is 13.6 Å². The number of carbonyl (C=O) groups is 1. The van der Waals surface area contributed by atoms with Crippen LogP contribution in [0.3, 0.4) is 0 Å². The molecule has 1 aliphatic rings. The van der Waals surface area contributed by atoms with Crippen molar-refractivity contribution in [1.29, 1.82) is 0 Å². The van der Waals surface area contributed by atoms with E-state index in [4.69, 9.17) is 23.8 Å². The average Bonchev–Trinajstić information content (AvgIpc) is 3.38. The summed E-state index contributed by atoms with van der Waals surface area (Å²) in [5.74, 6) is -1.87. The first-order valence-electron chi connectivity index (χ1n) is 9.79. The second-order valence-electron chi connectivity index (χ2n) is 7.95. The zero-order valence-corrected chi connectivity index (χ0v) is 19.0. The van der Waals surface area contributed by atoms with Gasteiger partial charge in [-0.05, 0) is 30.8 Å². The van der Waals surface area contributed by atoms with E-state index in [0.717, 1.165) is 17.0 Å². The number of carbonyl (C=O) groups excluding carboxylic acids is 1. The van der Waals surface area contributed by atoms with Gasteiger partial charge in [-0.25, -0.2) is 8.78 Å². The molecule has 6 nitrogen and oxygen atoms in total. The van der Waals surface area contributed by atoms with Gasteiger partial charge in [-0.3, -0.25) is 9.48 Å². The quantitative estimate of drug-likeness (QED) is 0.426. The number of fused-ring (bicyclic) bond motifs is 1. The number of imidazole rings is 1. The molecule has 1 unspecified atom stereocenters. The summed E-state index contributed by atoms with van der Waals surface area (Å²) in [6.07, 6.45) is 4.11. The number of hydrogen-bond donors (Lipinski definition) is 0. The lowest BCUT2D eigenvalue weighted by Gasteiger charge is -2.17. The van der Waals surface area contributed by atoms with Crippen LogP contribution in [0.15, 0.2) is 24.5 Å². The van der Waals surface area contributed by atoms with Crippen LogP contribution in [0, 0.1) is 16.4 Å². The second-order valence-corrected chi connectivity index (χ2v) is 8.72. The van der Waals surface area contributed by atoms with E-state index in [9.17, 15) is 13.6 Å². The van der Waals surface area contributed by atoms with Crippen LogP contribution in [0.4, 0.5) is 8.78 Å². The molecule has 0 N–H and O–H groups in total. The molecular formula is C21H22ClF2N5OS. The molecule has 0 aliphatic carbocycles. The number of aryl methyl sites for hydroxylation is 1. The van der Waals surface area contributed by atoms with Crippen LogP contribution in [0.1, 0.15) is 28.4 Å². The molecule has 4 rings (SSSR count). The van der Waals surface area contributed by atoms with Gasteiger partial charge in [-0.1, -0.05) is 11.6 Å². The monoisotopic (exact) mass is 465 g/mol. The fourth-order valence-electron chi connectivity index (χ4n) is 4.22. The fraction of sp³-hybridized carbons (Fsp3) is 0.381. The van der Waals surface area contributed by atoms with Gasteiger partial charge in [0.05, 0.1) is 17.6 Å². The molecule has 0 bridgehead atoms. The molecule has 164 valence electrons. The molecule has 3 aromatic rings. The Bertz CT molecular complexity index is 1230. The largest absolute Gasteiger partial charge is 0.341 e. The number of amides is 1. The van der Waals surface area contributed by atoms with Gasteiger partial charge in [0.2, 0.25) is 5.91 Å². The minimum absolute atomic E-state index is 0.0285. The number of nitrogens with zero attached hydrogens (tertiary/aromatic N) is 5. The SMILES string of the molecule is CN(Cc1cnn(C)c1)C(=O)Cc1c2n(c(=S)n1C)CC(c1c(F)ccc(Cl)c1F)C2. The topological polar surface area (TPSA) is 48.0 Å². The van der Waals surface area contributed by atoms with Gasteiger partial charge >= 0.3 is 0 Å². The molecule has 0 fully saturated rings. The van der Waals surface area contributed by atoms with Crippen molar-refractivity contribution >= 4 is 29.7 Å². The minimum Gasteiger partial charge on any atom is -0.341 e. The van der Waals surface area contributed by atoms with Gasteiger partial charge in [-0.15, -0.1) is 0 Å². The van der Waals surface area contributed by atoms with Crippen LogP contribution >= 0.6 is 23.8 Å². The molecule has 2 aromatic heterocycles. The van der Waals surface area contributed by atoms with Crippen molar-refractivity contribution in [2.24, 2.45) is 14.1 Å². The summed E-state index contributed by atoms with van der Waals surface area (Å²) < 4.78 is 34.9. The first kappa shape index (κ1) is 21.7. The highest BCUT2D eigenvalue weighted by molar-refractivity contribution is 7.71. The van der Waals surface area contributed by atoms with Crippen molar-refractivity contribution in [3.63, 3.8) is 0 Å². The highest BCUT2D eigenvalue weighted by Gasteiger charge is 2.33. The fourth-order valence-corrected chi connectivity index (χ4v) is 4.68. The van der Waals surface area contributed by atoms with Crippen molar-refractivity contribution in [1.82, 2.24) is 23.8 Å². The Labute approximate surface area is 188 Å². The number of aromatic nitrogens is 4. The number of benzene rings is 1. The lowest BCUT2D eigenvalue weighted by atomic mass is 9.95. The smallest absolute Gasteiger partial charge is 0.228 e. The van der Waals surface area contributed by atoms with Crippen molar-refractivity contribution in [2.75, 3.05) is 7.05 Å². The van der Waals surface area contributed by atoms with Gasteiger partial charge in [-0.2, -0.15) is 5.10 Å². The molecule has 1 amide bonds. The molecule has 1 aromatic carbocycles. The standard InChI is InChI=1S/C21H22ClF2N5OS/c1-26(9-12-8-25-27(2)10-12)18(30)7-16-17-6-13(11-29(17)21(31)28(16)3)19-15(23)5-4-14(22)20(19)24/h4-5,8,10,13H,6-7,9,11H2,1-3H3. The van der Waals surface area contributed by atoms with Crippen LogP contribution in [0.5, 0.6) is 0 Å². The predicted molar refractivity (Wildman–Crippen MR) is 115 cm³/mol. The highest BCUT2D eigenvalue weighted by atomic mass is 35.5. The lowest BCUT2D eigenvalue weighted by Crippen LogP contribution is -2.28. The van der Waals surface area contributed by atoms with Gasteiger partial charge < -0.3 is 14.0 Å². The maximum atomic E-state index is 14.6. The Morgan fingerprint density at radius 2 is 2.10 bits per heavy atom. The van der Waals surface area contributed by atoms with Gasteiger partial charge in [0.1, 0.15) is 11.6 Å². The van der Waals surface area contributed by atoms with Gasteiger partial charge in [0.25, 0.3) is 0 Å². The summed E-state index contributed by atoms with van der Waals surface area (Å²) in [6, 6.07) is 2.40. The number of halogens is 3. The van der Waals surface area contributed by atoms with E-state index >= 15 is 0 Å². The lowest BCUT2D eigenvalue weighted by molar-refractivity contribution is -0.129. The van der Waals surface area contributed by atoms with E-state index in [1.807, 2.05) is 24.9 Å². The third-order valence-electron chi connectivity index (χ3n) is 5.83. The molecule has 0 spiro atoms. The zero-order valence-electron chi connectivity index (χ0n) is 17.4. The molecule has 31 heavy (non-hydrogen) atoms. The highest BCUT2D eigenvalue weighted by Crippen LogP contribution is 2.37. The minimum atomic E-state index is -0.735. The maximum absolute atomic E-state index is 14.6. The van der Waals surface area contributed by atoms with Crippen LogP contribution in [0.25, 0.3) is 0 Å². The van der Waals surface area contributed by atoms with E-state index in [1.54, 1.807) is 27.4 Å². The van der Waals surface area contributed by atoms with E-state index in [0.29, 0.717) is 24.3 Å². The Balaban J connectivity index is 1.58. The van der Waals surface area contributed by atoms with Gasteiger partial charge in [0.15, 0.2) is 4.77 Å². The molecular weight excluding hydrogens is 444 g/mol. The van der Waals surface area contributed by atoms with Crippen molar-refractivity contribution in [3.05, 3.63) is 68.5 Å². The first-order chi connectivity index (χ1) is 14.7. The summed E-state index contributed by atoms with van der Waals surface area (Å²) in [4.78, 5) is 14.5. The Kier molecular flexibility index (Phi) is 5.74. The van der Waals surface area contributed by atoms with E-state index < -0.39 is 17.6 Å². The summed E-state index contributed by atoms with van der Waals surface area (Å²) in [5, 5.41) is 4.02. The third kappa shape index (κ3) is 3.92. The van der Waals surface area contributed by atoms with Crippen LogP contribution < -0.4 is 0 Å². The number of likely N-dealkylation sites (N-methyl/N-ethyl adjacent to an activating group) is 1. The summed E-state index contributed by atoms with van der Waals surface area (Å²) in [7, 11) is 5.37. The van der Waals surface area contributed by atoms with Crippen molar-refractivity contribution in [2.45, 2.75) is 31.8 Å². The Morgan fingerprint density at radius 3 is 2.77 bits per heavy atom. The van der Waals surface area contributed by atoms with E-state index in [2.05, 4.69) is 5.10 Å². The molecule has 0 saturated carbocycles. The molecule has 0 radical (unpaired) electrons. The Morgan fingerprint density at radius 1 is 1.35 bits per heavy atom. The maximum Gasteiger partial charge on any atom is 0.228 e. The molecule has 10 heteroatoms. The van der Waals surface area contributed by atoms with Crippen LogP contribution in [-0.4, -0.2) is 36.8 Å². The normalized spacial score (nSPS) is 15.4. The van der Waals surface area contributed by atoms with Gasteiger partial charge in [0, 0.05) is 68.9 Å². The number of rotatable bonds is 5. The molecule has 1 atom stereocenters. The molecule has 3 heterocycles. The van der Waals surface area contributed by atoms with Crippen LogP contribution in [-0.2, 0) is 44.8 Å². The second kappa shape index (κ2) is 8.20. The first-order valence-corrected chi connectivity index (χ1v) is 10.6. The summed E-state index contributed by atoms with van der Waals surface area (Å²) in [6.45, 7) is 0.782. The van der Waals surface area contributed by atoms with Crippen molar-refractivity contribution in [3.8, 4) is 0 Å². The zero-order chi connectivity index (χ0) is 22.4. The van der Waals surface area contributed by atoms with E-state index in [-0.39, 0.29) is 22.9 Å². The Hall–Kier alpha value is -2.52. The molecule has 0 saturated heterocycles. The summed E-state index contributed by atoms with van der Waals surface area (Å²) in [5.41, 5.74) is 2.50. The number of hydrogen-bond acceptors (Lipinski definition) is 3. The molecule has 1 aliphatic heterocycles. The average molecular weight is 466 g/mol. The predicted octanol–water partition coefficient (Wildman–Crippen LogP) is 3.76. The summed E-state index contributed by atoms with van der Waals surface area (Å²) >= 11 is 11.4. The van der Waals surface area contributed by atoms with E-state index in [1.165, 1.54) is 12.1 Å². The third-order valence-corrected chi connectivity index (χ3v) is 6.62. The van der Waals surface area contributed by atoms with Crippen LogP contribution in [0.2, 0.25) is 5.02 Å².